The van der Waals surface area contributed by atoms with Crippen molar-refractivity contribution in [3.05, 3.63) is 132 Å². The molecule has 1 heterocycles. The number of hydrogen-bond donors (Lipinski definition) is 7. The number of amides is 5. The molecule has 0 aromatic heterocycles. The Morgan fingerprint density at radius 3 is 1.51 bits per heavy atom. The van der Waals surface area contributed by atoms with Crippen LogP contribution in [0.1, 0.15) is 48.8 Å². The van der Waals surface area contributed by atoms with Gasteiger partial charge < -0.3 is 38.1 Å². The van der Waals surface area contributed by atoms with Gasteiger partial charge in [0.1, 0.15) is 24.2 Å². The molecule has 0 unspecified atom stereocenters. The summed E-state index contributed by atoms with van der Waals surface area (Å²) in [6.45, 7) is 1.85. The van der Waals surface area contributed by atoms with Crippen LogP contribution >= 0.6 is 0 Å². The van der Waals surface area contributed by atoms with Crippen LogP contribution in [0.2, 0.25) is 0 Å². The first-order valence-corrected chi connectivity index (χ1v) is 20.6. The Hall–Kier alpha value is -6.11. The van der Waals surface area contributed by atoms with Crippen LogP contribution in [0.3, 0.4) is 0 Å². The highest BCUT2D eigenvalue weighted by molar-refractivity contribution is 5.96. The van der Waals surface area contributed by atoms with Crippen molar-refractivity contribution >= 4 is 51.1 Å². The maximum Gasteiger partial charge on any atom is 0.243 e. The number of nitrogens with one attached hydrogen (secondary N) is 5. The summed E-state index contributed by atoms with van der Waals surface area (Å²) in [7, 11) is 0. The molecule has 59 heavy (non-hydrogen) atoms. The maximum absolute atomic E-state index is 14.6. The maximum atomic E-state index is 14.6. The van der Waals surface area contributed by atoms with Crippen LogP contribution in [-0.2, 0) is 43.2 Å². The van der Waals surface area contributed by atoms with Gasteiger partial charge in [0, 0.05) is 25.2 Å². The second-order valence-electron chi connectivity index (χ2n) is 15.4. The molecular formula is C47H55N7O5. The fraction of sp³-hybridized carbons (Fsp3) is 0.340. The summed E-state index contributed by atoms with van der Waals surface area (Å²) in [5.41, 5.74) is 13.8. The topological polar surface area (TPSA) is 198 Å². The van der Waals surface area contributed by atoms with E-state index in [1.165, 1.54) is 0 Å². The number of hydrogen-bond acceptors (Lipinski definition) is 7. The molecule has 0 saturated carbocycles. The fourth-order valence-electron chi connectivity index (χ4n) is 7.65. The zero-order valence-electron chi connectivity index (χ0n) is 33.3. The van der Waals surface area contributed by atoms with Crippen molar-refractivity contribution in [3.8, 4) is 0 Å². The van der Waals surface area contributed by atoms with Crippen LogP contribution in [0.25, 0.3) is 21.5 Å². The molecule has 1 saturated heterocycles. The van der Waals surface area contributed by atoms with Gasteiger partial charge in [-0.1, -0.05) is 115 Å². The van der Waals surface area contributed by atoms with Crippen molar-refractivity contribution in [1.29, 1.82) is 0 Å². The van der Waals surface area contributed by atoms with Crippen molar-refractivity contribution in [2.24, 2.45) is 17.4 Å². The lowest BCUT2D eigenvalue weighted by atomic mass is 9.95. The standard InChI is InChI=1S/C47H55N7O5/c48-23-9-8-16-39(43(49)55)51-45(57)40(28-31-10-2-1-3-11-31)53-47(59)42(30-33-18-20-35-13-5-7-15-38(35)27-33)54-46(58)41(52-44(56)36-21-24-50-25-22-36)29-32-17-19-34-12-4-6-14-37(34)26-32/h1-7,10-15,17-20,26-27,36,39-42,50H,8-9,16,21-25,28-30,48H2,(H2,49,55)(H,51,57)(H,52,56)(H,53,59)(H,54,58)/t39-,40-,41+,42+/m0/s1. The van der Waals surface area contributed by atoms with E-state index in [0.717, 1.165) is 38.2 Å². The van der Waals surface area contributed by atoms with E-state index in [1.807, 2.05) is 115 Å². The number of rotatable bonds is 19. The third-order valence-electron chi connectivity index (χ3n) is 11.0. The van der Waals surface area contributed by atoms with Crippen LogP contribution in [0, 0.1) is 5.92 Å². The number of carbonyl (C=O) groups is 5. The number of benzene rings is 5. The molecule has 6 rings (SSSR count). The number of primary amides is 1. The lowest BCUT2D eigenvalue weighted by Crippen LogP contribution is -2.59. The quantitative estimate of drug-likeness (QED) is 0.0620. The zero-order valence-corrected chi connectivity index (χ0v) is 33.3. The van der Waals surface area contributed by atoms with Crippen molar-refractivity contribution in [1.82, 2.24) is 26.6 Å². The molecule has 308 valence electrons. The summed E-state index contributed by atoms with van der Waals surface area (Å²) in [5, 5.41) is 19.0. The van der Waals surface area contributed by atoms with Gasteiger partial charge >= 0.3 is 0 Å². The molecule has 5 aromatic rings. The fourth-order valence-corrected chi connectivity index (χ4v) is 7.65. The second kappa shape index (κ2) is 21.1. The van der Waals surface area contributed by atoms with Crippen molar-refractivity contribution in [2.45, 2.75) is 75.5 Å². The second-order valence-corrected chi connectivity index (χ2v) is 15.4. The van der Waals surface area contributed by atoms with E-state index < -0.39 is 47.8 Å². The van der Waals surface area contributed by atoms with Gasteiger partial charge in [0.05, 0.1) is 0 Å². The normalized spacial score (nSPS) is 15.1. The Kier molecular flexibility index (Phi) is 15.2. The highest BCUT2D eigenvalue weighted by Gasteiger charge is 2.33. The predicted octanol–water partition coefficient (Wildman–Crippen LogP) is 3.57. The van der Waals surface area contributed by atoms with Gasteiger partial charge in [0.25, 0.3) is 0 Å². The molecule has 12 nitrogen and oxygen atoms in total. The van der Waals surface area contributed by atoms with E-state index in [0.29, 0.717) is 51.7 Å². The van der Waals surface area contributed by atoms with Gasteiger partial charge in [-0.3, -0.25) is 24.0 Å². The van der Waals surface area contributed by atoms with Crippen molar-refractivity contribution < 1.29 is 24.0 Å². The number of fused-ring (bicyclic) bond motifs is 2. The van der Waals surface area contributed by atoms with E-state index in [2.05, 4.69) is 26.6 Å². The minimum absolute atomic E-state index is 0.0933. The van der Waals surface area contributed by atoms with Crippen molar-refractivity contribution in [2.75, 3.05) is 19.6 Å². The first-order chi connectivity index (χ1) is 28.7. The van der Waals surface area contributed by atoms with Gasteiger partial charge in [-0.15, -0.1) is 0 Å². The number of nitrogens with two attached hydrogens (primary N) is 2. The summed E-state index contributed by atoms with van der Waals surface area (Å²) in [5.74, 6) is -2.87. The van der Waals surface area contributed by atoms with Crippen LogP contribution in [0.15, 0.2) is 115 Å². The van der Waals surface area contributed by atoms with E-state index in [9.17, 15) is 24.0 Å². The smallest absolute Gasteiger partial charge is 0.243 e. The zero-order chi connectivity index (χ0) is 41.6. The molecule has 0 radical (unpaired) electrons. The van der Waals surface area contributed by atoms with Gasteiger partial charge in [0.2, 0.25) is 29.5 Å². The summed E-state index contributed by atoms with van der Waals surface area (Å²) in [6.07, 6.45) is 3.22. The molecule has 0 bridgehead atoms. The van der Waals surface area contributed by atoms with Crippen LogP contribution in [0.4, 0.5) is 0 Å². The van der Waals surface area contributed by atoms with Crippen LogP contribution < -0.4 is 38.1 Å². The van der Waals surface area contributed by atoms with Gasteiger partial charge in [-0.2, -0.15) is 0 Å². The molecule has 5 amide bonds. The van der Waals surface area contributed by atoms with Crippen LogP contribution in [-0.4, -0.2) is 73.3 Å². The highest BCUT2D eigenvalue weighted by Crippen LogP contribution is 2.20. The first-order valence-electron chi connectivity index (χ1n) is 20.6. The van der Waals surface area contributed by atoms with Crippen LogP contribution in [0.5, 0.6) is 0 Å². The predicted molar refractivity (Wildman–Crippen MR) is 231 cm³/mol. The number of piperidine rings is 1. The van der Waals surface area contributed by atoms with E-state index in [1.54, 1.807) is 0 Å². The van der Waals surface area contributed by atoms with E-state index >= 15 is 0 Å². The summed E-state index contributed by atoms with van der Waals surface area (Å²) in [6, 6.07) is 32.5. The molecule has 12 heteroatoms. The SMILES string of the molecule is NCCCC[C@H](NC(=O)[C@H](Cc1ccccc1)NC(=O)[C@@H](Cc1ccc2ccccc2c1)NC(=O)[C@@H](Cc1ccc2ccccc2c1)NC(=O)C1CCNCC1)C(N)=O. The number of unbranched alkanes of at least 4 members (excludes halogenated alkanes) is 1. The molecule has 5 aromatic carbocycles. The molecule has 9 N–H and O–H groups in total. The third kappa shape index (κ3) is 12.2. The summed E-state index contributed by atoms with van der Waals surface area (Å²) in [4.78, 5) is 69.2. The van der Waals surface area contributed by atoms with E-state index in [4.69, 9.17) is 11.5 Å². The molecule has 0 spiro atoms. The molecule has 0 aliphatic carbocycles. The van der Waals surface area contributed by atoms with Crippen molar-refractivity contribution in [3.63, 3.8) is 0 Å². The Labute approximate surface area is 345 Å². The monoisotopic (exact) mass is 797 g/mol. The minimum Gasteiger partial charge on any atom is -0.368 e. The first kappa shape index (κ1) is 42.5. The average Bonchev–Trinajstić information content (AvgIpc) is 3.25. The minimum atomic E-state index is -1.15. The summed E-state index contributed by atoms with van der Waals surface area (Å²) < 4.78 is 0. The van der Waals surface area contributed by atoms with Gasteiger partial charge in [-0.25, -0.2) is 0 Å². The molecule has 1 aliphatic rings. The number of carbonyl (C=O) groups excluding carboxylic acids is 5. The van der Waals surface area contributed by atoms with Gasteiger partial charge in [0.15, 0.2) is 0 Å². The largest absolute Gasteiger partial charge is 0.368 e. The van der Waals surface area contributed by atoms with E-state index in [-0.39, 0.29) is 31.1 Å². The Bertz CT molecular complexity index is 2230. The Morgan fingerprint density at radius 2 is 1.00 bits per heavy atom. The lowest BCUT2D eigenvalue weighted by molar-refractivity contribution is -0.135. The molecule has 1 aliphatic heterocycles. The third-order valence-corrected chi connectivity index (χ3v) is 11.0. The molecular weight excluding hydrogens is 743 g/mol. The summed E-state index contributed by atoms with van der Waals surface area (Å²) >= 11 is 0. The van der Waals surface area contributed by atoms with Gasteiger partial charge in [-0.05, 0) is 90.0 Å². The molecule has 4 atom stereocenters. The Balaban J connectivity index is 1.29. The lowest BCUT2D eigenvalue weighted by Gasteiger charge is -2.28. The Morgan fingerprint density at radius 1 is 0.542 bits per heavy atom. The average molecular weight is 798 g/mol. The highest BCUT2D eigenvalue weighted by atomic mass is 16.2. The molecule has 1 fully saturated rings.